The molecule has 2 aromatic rings. The lowest BCUT2D eigenvalue weighted by Gasteiger charge is -2.43. The Bertz CT molecular complexity index is 715. The zero-order chi connectivity index (χ0) is 15.1. The van der Waals surface area contributed by atoms with Gasteiger partial charge < -0.3 is 10.1 Å². The molecule has 3 heterocycles. The molecular weight excluding hydrogens is 272 g/mol. The lowest BCUT2D eigenvalue weighted by Crippen LogP contribution is -2.42. The first-order valence-electron chi connectivity index (χ1n) is 8.41. The number of fused-ring (bicyclic) bond motifs is 5. The fraction of sp³-hybridized carbons (Fsp3) is 0.474. The van der Waals surface area contributed by atoms with Crippen LogP contribution in [-0.4, -0.2) is 34.7 Å². The molecule has 1 fully saturated rings. The number of aliphatic hydroxyl groups excluding tert-OH is 1. The van der Waals surface area contributed by atoms with Crippen molar-refractivity contribution >= 4 is 10.9 Å². The normalized spacial score (nSPS) is 27.1. The molecular formula is C19H24N2O. The zero-order valence-corrected chi connectivity index (χ0v) is 13.2. The lowest BCUT2D eigenvalue weighted by atomic mass is 9.80. The number of H-pyrrole nitrogens is 1. The van der Waals surface area contributed by atoms with Crippen LogP contribution in [0, 0.1) is 5.92 Å². The largest absolute Gasteiger partial charge is 0.396 e. The molecule has 1 aromatic carbocycles. The number of aromatic amines is 1. The zero-order valence-electron chi connectivity index (χ0n) is 13.2. The second-order valence-corrected chi connectivity index (χ2v) is 6.61. The Morgan fingerprint density at radius 1 is 1.36 bits per heavy atom. The molecule has 1 aromatic heterocycles. The maximum Gasteiger partial charge on any atom is 0.0510 e. The molecule has 0 unspecified atom stereocenters. The van der Waals surface area contributed by atoms with E-state index in [0.29, 0.717) is 12.0 Å². The number of aliphatic hydroxyl groups is 1. The van der Waals surface area contributed by atoms with E-state index < -0.39 is 0 Å². The summed E-state index contributed by atoms with van der Waals surface area (Å²) in [5, 5.41) is 10.8. The first-order chi connectivity index (χ1) is 10.8. The standard InChI is InChI=1S/C19H24N2O/c1-2-13-12-21-9-7-16-15-5-3-4-6-17(15)20-19(16)18(21)11-14(13)8-10-22/h2-6,14,18,20,22H,7-12H2,1H3/b13-2-/t14-,18+/m0/s1. The number of hydrogen-bond acceptors (Lipinski definition) is 2. The molecule has 0 bridgehead atoms. The van der Waals surface area contributed by atoms with Crippen LogP contribution in [-0.2, 0) is 6.42 Å². The molecule has 2 aliphatic rings. The van der Waals surface area contributed by atoms with Crippen molar-refractivity contribution in [1.82, 2.24) is 9.88 Å². The fourth-order valence-electron chi connectivity index (χ4n) is 4.40. The minimum Gasteiger partial charge on any atom is -0.396 e. The number of hydrogen-bond donors (Lipinski definition) is 2. The van der Waals surface area contributed by atoms with Crippen molar-refractivity contribution in [1.29, 1.82) is 0 Å². The van der Waals surface area contributed by atoms with Crippen molar-refractivity contribution in [2.24, 2.45) is 5.92 Å². The summed E-state index contributed by atoms with van der Waals surface area (Å²) in [6.45, 7) is 4.62. The summed E-state index contributed by atoms with van der Waals surface area (Å²) in [5.74, 6) is 0.522. The predicted molar refractivity (Wildman–Crippen MR) is 89.9 cm³/mol. The van der Waals surface area contributed by atoms with Crippen LogP contribution >= 0.6 is 0 Å². The third-order valence-corrected chi connectivity index (χ3v) is 5.54. The molecule has 2 aliphatic heterocycles. The van der Waals surface area contributed by atoms with Gasteiger partial charge >= 0.3 is 0 Å². The summed E-state index contributed by atoms with van der Waals surface area (Å²) < 4.78 is 0. The molecule has 22 heavy (non-hydrogen) atoms. The molecule has 4 rings (SSSR count). The highest BCUT2D eigenvalue weighted by molar-refractivity contribution is 5.85. The molecule has 0 spiro atoms. The second kappa shape index (κ2) is 5.56. The summed E-state index contributed by atoms with van der Waals surface area (Å²) in [5.41, 5.74) is 5.71. The van der Waals surface area contributed by atoms with Crippen LogP contribution in [0.15, 0.2) is 35.9 Å². The van der Waals surface area contributed by atoms with Crippen molar-refractivity contribution in [3.8, 4) is 0 Å². The Labute approximate surface area is 131 Å². The Balaban J connectivity index is 1.74. The number of benzene rings is 1. The number of nitrogens with one attached hydrogen (secondary N) is 1. The van der Waals surface area contributed by atoms with Gasteiger partial charge in [0.15, 0.2) is 0 Å². The Morgan fingerprint density at radius 3 is 3.05 bits per heavy atom. The maximum absolute atomic E-state index is 9.39. The van der Waals surface area contributed by atoms with Gasteiger partial charge in [-0.1, -0.05) is 29.8 Å². The van der Waals surface area contributed by atoms with Crippen LogP contribution in [0.25, 0.3) is 10.9 Å². The van der Waals surface area contributed by atoms with E-state index in [1.165, 1.54) is 27.7 Å². The van der Waals surface area contributed by atoms with Gasteiger partial charge in [0.05, 0.1) is 6.04 Å². The van der Waals surface area contributed by atoms with E-state index in [2.05, 4.69) is 47.1 Å². The smallest absolute Gasteiger partial charge is 0.0510 e. The molecule has 3 nitrogen and oxygen atoms in total. The highest BCUT2D eigenvalue weighted by Gasteiger charge is 2.36. The van der Waals surface area contributed by atoms with Crippen molar-refractivity contribution in [3.63, 3.8) is 0 Å². The molecule has 2 N–H and O–H groups in total. The first-order valence-corrected chi connectivity index (χ1v) is 8.41. The van der Waals surface area contributed by atoms with E-state index >= 15 is 0 Å². The summed E-state index contributed by atoms with van der Waals surface area (Å²) in [7, 11) is 0. The van der Waals surface area contributed by atoms with Crippen LogP contribution in [0.5, 0.6) is 0 Å². The molecule has 116 valence electrons. The third-order valence-electron chi connectivity index (χ3n) is 5.54. The Kier molecular flexibility index (Phi) is 3.55. The first kappa shape index (κ1) is 14.0. The van der Waals surface area contributed by atoms with E-state index in [1.807, 2.05) is 0 Å². The van der Waals surface area contributed by atoms with E-state index in [4.69, 9.17) is 0 Å². The van der Waals surface area contributed by atoms with E-state index in [-0.39, 0.29) is 6.61 Å². The van der Waals surface area contributed by atoms with Crippen molar-refractivity contribution in [2.75, 3.05) is 19.7 Å². The Morgan fingerprint density at radius 2 is 2.23 bits per heavy atom. The average Bonchev–Trinajstić information content (AvgIpc) is 2.93. The van der Waals surface area contributed by atoms with Gasteiger partial charge in [-0.2, -0.15) is 0 Å². The van der Waals surface area contributed by atoms with Crippen LogP contribution in [0.4, 0.5) is 0 Å². The van der Waals surface area contributed by atoms with Crippen molar-refractivity contribution < 1.29 is 5.11 Å². The number of aromatic nitrogens is 1. The van der Waals surface area contributed by atoms with Gasteiger partial charge in [0.25, 0.3) is 0 Å². The second-order valence-electron chi connectivity index (χ2n) is 6.61. The van der Waals surface area contributed by atoms with E-state index in [1.54, 1.807) is 0 Å². The minimum atomic E-state index is 0.286. The van der Waals surface area contributed by atoms with Gasteiger partial charge in [0.1, 0.15) is 0 Å². The summed E-state index contributed by atoms with van der Waals surface area (Å²) >= 11 is 0. The quantitative estimate of drug-likeness (QED) is 0.834. The SMILES string of the molecule is C/C=C1/CN2CCc3c([nH]c4ccccc34)[C@H]2C[C@@H]1CCO. The highest BCUT2D eigenvalue weighted by atomic mass is 16.3. The predicted octanol–water partition coefficient (Wildman–Crippen LogP) is 3.42. The fourth-order valence-corrected chi connectivity index (χ4v) is 4.40. The monoisotopic (exact) mass is 296 g/mol. The molecule has 0 aliphatic carbocycles. The van der Waals surface area contributed by atoms with Gasteiger partial charge in [-0.25, -0.2) is 0 Å². The number of rotatable bonds is 2. The lowest BCUT2D eigenvalue weighted by molar-refractivity contribution is 0.126. The molecule has 0 saturated carbocycles. The van der Waals surface area contributed by atoms with Crippen molar-refractivity contribution in [3.05, 3.63) is 47.2 Å². The van der Waals surface area contributed by atoms with E-state index in [0.717, 1.165) is 32.4 Å². The average molecular weight is 296 g/mol. The number of piperidine rings is 1. The van der Waals surface area contributed by atoms with E-state index in [9.17, 15) is 5.11 Å². The highest BCUT2D eigenvalue weighted by Crippen LogP contribution is 2.43. The molecule has 2 atom stereocenters. The van der Waals surface area contributed by atoms with Crippen LogP contribution in [0.3, 0.4) is 0 Å². The molecule has 0 radical (unpaired) electrons. The number of para-hydroxylation sites is 1. The van der Waals surface area contributed by atoms with Gasteiger partial charge in [-0.3, -0.25) is 4.90 Å². The van der Waals surface area contributed by atoms with Gasteiger partial charge in [-0.05, 0) is 43.7 Å². The number of allylic oxidation sites excluding steroid dienone is 1. The Hall–Kier alpha value is -1.58. The minimum absolute atomic E-state index is 0.286. The number of nitrogens with zero attached hydrogens (tertiary/aromatic N) is 1. The van der Waals surface area contributed by atoms with Crippen LogP contribution < -0.4 is 0 Å². The topological polar surface area (TPSA) is 39.3 Å². The summed E-state index contributed by atoms with van der Waals surface area (Å²) in [4.78, 5) is 6.30. The summed E-state index contributed by atoms with van der Waals surface area (Å²) in [6.07, 6.45) is 5.41. The molecule has 0 amide bonds. The van der Waals surface area contributed by atoms with Gasteiger partial charge in [-0.15, -0.1) is 0 Å². The van der Waals surface area contributed by atoms with Crippen LogP contribution in [0.2, 0.25) is 0 Å². The van der Waals surface area contributed by atoms with Gasteiger partial charge in [0, 0.05) is 36.3 Å². The maximum atomic E-state index is 9.39. The van der Waals surface area contributed by atoms with Gasteiger partial charge in [0.2, 0.25) is 0 Å². The molecule has 1 saturated heterocycles. The van der Waals surface area contributed by atoms with Crippen LogP contribution in [0.1, 0.15) is 37.1 Å². The third kappa shape index (κ3) is 2.11. The summed E-state index contributed by atoms with van der Waals surface area (Å²) in [6, 6.07) is 9.15. The van der Waals surface area contributed by atoms with Crippen molar-refractivity contribution in [2.45, 2.75) is 32.2 Å². The molecule has 3 heteroatoms.